The third-order valence-corrected chi connectivity index (χ3v) is 8.04. The highest BCUT2D eigenvalue weighted by atomic mass is 32.2. The lowest BCUT2D eigenvalue weighted by molar-refractivity contribution is -0.148. The fraction of sp³-hybridized carbons (Fsp3) is 0.593. The number of esters is 1. The van der Waals surface area contributed by atoms with Gasteiger partial charge < -0.3 is 14.4 Å². The number of anilines is 1. The number of thioether (sulfide) groups is 1. The van der Waals surface area contributed by atoms with Gasteiger partial charge in [0.1, 0.15) is 21.8 Å². The van der Waals surface area contributed by atoms with Crippen LogP contribution in [-0.4, -0.2) is 65.1 Å². The van der Waals surface area contributed by atoms with E-state index in [0.29, 0.717) is 91.4 Å². The van der Waals surface area contributed by atoms with Crippen LogP contribution in [0.5, 0.6) is 0 Å². The number of thiocarbonyl (C=S) groups is 1. The number of ether oxygens (including phenoxy) is 2. The average molecular weight is 561 g/mol. The number of piperidine rings is 1. The molecule has 2 aliphatic heterocycles. The van der Waals surface area contributed by atoms with Crippen LogP contribution in [-0.2, 0) is 25.6 Å². The minimum absolute atomic E-state index is 0.0552. The van der Waals surface area contributed by atoms with Crippen molar-refractivity contribution < 1.29 is 19.1 Å². The van der Waals surface area contributed by atoms with Gasteiger partial charge in [-0.3, -0.25) is 23.9 Å². The summed E-state index contributed by atoms with van der Waals surface area (Å²) in [6.07, 6.45) is 4.56. The highest BCUT2D eigenvalue weighted by Crippen LogP contribution is 2.37. The molecule has 0 bridgehead atoms. The summed E-state index contributed by atoms with van der Waals surface area (Å²) in [6, 6.07) is 2.07. The van der Waals surface area contributed by atoms with Crippen molar-refractivity contribution in [1.29, 1.82) is 5.26 Å². The summed E-state index contributed by atoms with van der Waals surface area (Å²) in [4.78, 5) is 43.4. The zero-order valence-electron chi connectivity index (χ0n) is 22.6. The van der Waals surface area contributed by atoms with Gasteiger partial charge in [0.15, 0.2) is 0 Å². The largest absolute Gasteiger partial charge is 0.466 e. The Labute approximate surface area is 233 Å². The number of rotatable bonds is 11. The Morgan fingerprint density at radius 2 is 2.00 bits per heavy atom. The fourth-order valence-corrected chi connectivity index (χ4v) is 6.12. The number of nitrogens with zero attached hydrogens (tertiary/aromatic N) is 4. The molecule has 0 aliphatic carbocycles. The molecule has 11 heteroatoms. The van der Waals surface area contributed by atoms with Crippen LogP contribution in [0.3, 0.4) is 0 Å². The van der Waals surface area contributed by atoms with Crippen LogP contribution in [0.15, 0.2) is 9.70 Å². The number of hydrogen-bond acceptors (Lipinski definition) is 9. The summed E-state index contributed by atoms with van der Waals surface area (Å²) in [7, 11) is 0. The molecule has 0 aromatic carbocycles. The summed E-state index contributed by atoms with van der Waals surface area (Å²) in [5, 5.41) is 9.86. The average Bonchev–Trinajstić information content (AvgIpc) is 3.17. The van der Waals surface area contributed by atoms with Gasteiger partial charge in [-0.25, -0.2) is 0 Å². The Morgan fingerprint density at radius 1 is 1.24 bits per heavy atom. The number of aromatic nitrogens is 1. The third kappa shape index (κ3) is 6.47. The number of amides is 1. The molecule has 38 heavy (non-hydrogen) atoms. The lowest BCUT2D eigenvalue weighted by Crippen LogP contribution is -2.43. The smallest absolute Gasteiger partial charge is 0.310 e. The number of carbonyl (C=O) groups is 2. The molecule has 1 aromatic rings. The van der Waals surface area contributed by atoms with Crippen LogP contribution in [0.2, 0.25) is 0 Å². The van der Waals surface area contributed by atoms with Crippen LogP contribution in [0, 0.1) is 24.2 Å². The molecule has 1 amide bonds. The Morgan fingerprint density at radius 3 is 2.66 bits per heavy atom. The van der Waals surface area contributed by atoms with E-state index in [0.717, 1.165) is 6.42 Å². The van der Waals surface area contributed by atoms with Gasteiger partial charge in [-0.15, -0.1) is 0 Å². The quantitative estimate of drug-likeness (QED) is 0.173. The van der Waals surface area contributed by atoms with E-state index in [-0.39, 0.29) is 28.9 Å². The van der Waals surface area contributed by atoms with Crippen molar-refractivity contribution >= 4 is 52.1 Å². The highest BCUT2D eigenvalue weighted by Gasteiger charge is 2.34. The van der Waals surface area contributed by atoms with Gasteiger partial charge in [0.05, 0.1) is 17.4 Å². The molecule has 9 nitrogen and oxygen atoms in total. The first-order chi connectivity index (χ1) is 18.3. The van der Waals surface area contributed by atoms with Gasteiger partial charge in [-0.2, -0.15) is 5.26 Å². The molecule has 3 rings (SSSR count). The van der Waals surface area contributed by atoms with Crippen LogP contribution >= 0.6 is 24.0 Å². The van der Waals surface area contributed by atoms with Crippen LogP contribution in [0.4, 0.5) is 5.82 Å². The molecule has 0 saturated carbocycles. The van der Waals surface area contributed by atoms with Gasteiger partial charge in [0, 0.05) is 45.0 Å². The maximum Gasteiger partial charge on any atom is 0.310 e. The molecule has 206 valence electrons. The van der Waals surface area contributed by atoms with E-state index in [9.17, 15) is 19.6 Å². The van der Waals surface area contributed by atoms with Crippen molar-refractivity contribution in [3.05, 3.63) is 31.9 Å². The molecule has 2 aliphatic rings. The number of pyridine rings is 1. The second-order valence-electron chi connectivity index (χ2n) is 9.23. The molecule has 1 atom stereocenters. The molecule has 0 radical (unpaired) electrons. The second-order valence-corrected chi connectivity index (χ2v) is 10.9. The SMILES string of the molecule is CCCn1c(N2CCCC(C(=O)OCC)C2)c(/C=C2\SC(=S)N(CCCOCC)C2=O)c(C)c(C#N)c1=O. The van der Waals surface area contributed by atoms with Gasteiger partial charge >= 0.3 is 5.97 Å². The molecule has 2 saturated heterocycles. The van der Waals surface area contributed by atoms with Gasteiger partial charge in [0.25, 0.3) is 11.5 Å². The summed E-state index contributed by atoms with van der Waals surface area (Å²) < 4.78 is 12.8. The van der Waals surface area contributed by atoms with E-state index in [1.165, 1.54) is 11.8 Å². The maximum atomic E-state index is 13.4. The molecule has 0 N–H and O–H groups in total. The first-order valence-corrected chi connectivity index (χ1v) is 14.4. The molecule has 1 aromatic heterocycles. The summed E-state index contributed by atoms with van der Waals surface area (Å²) in [5.74, 6) is -0.136. The second kappa shape index (κ2) is 13.9. The minimum atomic E-state index is -0.360. The van der Waals surface area contributed by atoms with E-state index in [2.05, 4.69) is 6.07 Å². The predicted octanol–water partition coefficient (Wildman–Crippen LogP) is 3.85. The van der Waals surface area contributed by atoms with Crippen molar-refractivity contribution in [1.82, 2.24) is 9.47 Å². The van der Waals surface area contributed by atoms with E-state index in [1.54, 1.807) is 29.4 Å². The third-order valence-electron chi connectivity index (χ3n) is 6.66. The number of hydrogen-bond donors (Lipinski definition) is 0. The summed E-state index contributed by atoms with van der Waals surface area (Å²) >= 11 is 6.72. The zero-order chi connectivity index (χ0) is 27.8. The van der Waals surface area contributed by atoms with Crippen molar-refractivity contribution in [3.8, 4) is 6.07 Å². The molecule has 0 spiro atoms. The van der Waals surface area contributed by atoms with Crippen molar-refractivity contribution in [3.63, 3.8) is 0 Å². The van der Waals surface area contributed by atoms with E-state index >= 15 is 0 Å². The van der Waals surface area contributed by atoms with Crippen LogP contribution in [0.1, 0.15) is 63.1 Å². The monoisotopic (exact) mass is 560 g/mol. The summed E-state index contributed by atoms with van der Waals surface area (Å²) in [5.41, 5.74) is 0.842. The lowest BCUT2D eigenvalue weighted by atomic mass is 9.96. The molecular formula is C27H36N4O5S2. The normalized spacial score (nSPS) is 18.8. The number of nitriles is 1. The van der Waals surface area contributed by atoms with Crippen molar-refractivity contribution in [2.75, 3.05) is 44.4 Å². The Bertz CT molecular complexity index is 1200. The molecule has 3 heterocycles. The highest BCUT2D eigenvalue weighted by molar-refractivity contribution is 8.26. The lowest BCUT2D eigenvalue weighted by Gasteiger charge is -2.36. The minimum Gasteiger partial charge on any atom is -0.466 e. The van der Waals surface area contributed by atoms with Crippen molar-refractivity contribution in [2.24, 2.45) is 5.92 Å². The first kappa shape index (κ1) is 29.9. The number of carbonyl (C=O) groups excluding carboxylic acids is 2. The van der Waals surface area contributed by atoms with Gasteiger partial charge in [-0.05, 0) is 58.1 Å². The van der Waals surface area contributed by atoms with E-state index in [1.807, 2.05) is 18.7 Å². The molecular weight excluding hydrogens is 524 g/mol. The first-order valence-electron chi connectivity index (χ1n) is 13.2. The fourth-order valence-electron chi connectivity index (χ4n) is 4.83. The van der Waals surface area contributed by atoms with Crippen molar-refractivity contribution in [2.45, 2.75) is 59.9 Å². The Hall–Kier alpha value is -2.68. The van der Waals surface area contributed by atoms with E-state index in [4.69, 9.17) is 21.7 Å². The molecule has 1 unspecified atom stereocenters. The Balaban J connectivity index is 2.10. The van der Waals surface area contributed by atoms with Crippen LogP contribution < -0.4 is 10.5 Å². The topological polar surface area (TPSA) is 105 Å². The van der Waals surface area contributed by atoms with Crippen LogP contribution in [0.25, 0.3) is 6.08 Å². The maximum absolute atomic E-state index is 13.4. The van der Waals surface area contributed by atoms with Gasteiger partial charge in [-0.1, -0.05) is 30.9 Å². The van der Waals surface area contributed by atoms with Gasteiger partial charge in [0.2, 0.25) is 0 Å². The Kier molecular flexibility index (Phi) is 10.9. The summed E-state index contributed by atoms with van der Waals surface area (Å²) in [6.45, 7) is 10.8. The zero-order valence-corrected chi connectivity index (χ0v) is 24.2. The molecule has 2 fully saturated rings. The predicted molar refractivity (Wildman–Crippen MR) is 153 cm³/mol. The standard InChI is InChI=1S/C27H36N4O5S2/c1-5-11-30-23(29-12-8-10-19(17-29)26(34)36-7-3)20(18(4)21(16-28)24(30)32)15-22-25(33)31(27(37)38-22)13-9-14-35-6-2/h15,19H,5-14,17H2,1-4H3/b22-15-. The van der Waals surface area contributed by atoms with E-state index < -0.39 is 0 Å².